The largest absolute Gasteiger partial charge is 3.00 e. The van der Waals surface area contributed by atoms with E-state index < -0.39 is 84.1 Å². The Balaban J connectivity index is 0.00000784. The van der Waals surface area contributed by atoms with Gasteiger partial charge in [-0.05, 0) is 113 Å². The molecule has 4 nitrogen and oxygen atoms in total. The van der Waals surface area contributed by atoms with Gasteiger partial charge in [-0.15, -0.1) is 90.0 Å². The summed E-state index contributed by atoms with van der Waals surface area (Å²) in [7, 11) is 0. The van der Waals surface area contributed by atoms with Crippen molar-refractivity contribution in [1.82, 2.24) is 15.0 Å². The third-order valence-corrected chi connectivity index (χ3v) is 9.48. The standard InChI is InChI=1S/C56H47FN3O.Ir/c1-56(2,3)34-49-50(57)27-26-47-46-15-10-16-48(54(46)61-55(47)49)53-30-25-40(37-60-53)19-22-43-32-41(20-17-38-23-28-51(58-35-38)44-11-6-4-7-12-44)31-42(33-43)21-18-39-24-29-52(59-36-39)45-13-8-5-9-14-45;/h4-11,13,15,23-33,35-37H,17-22,34H2,1-3H3;/q-3;+3/i17D2,18D2,19D2,20D2,21D2,22D2,27D,34D2;. The maximum absolute atomic E-state index is 15.8. The summed E-state index contributed by atoms with van der Waals surface area (Å²) >= 11 is 0. The molecule has 0 N–H and O–H groups in total. The second kappa shape index (κ2) is 18.9. The van der Waals surface area contributed by atoms with E-state index in [-0.39, 0.29) is 64.6 Å². The number of hydrogen-bond donors (Lipinski definition) is 0. The van der Waals surface area contributed by atoms with Gasteiger partial charge >= 0.3 is 20.1 Å². The Morgan fingerprint density at radius 1 is 0.565 bits per heavy atom. The van der Waals surface area contributed by atoms with Crippen LogP contribution < -0.4 is 0 Å². The topological polar surface area (TPSA) is 51.8 Å². The third-order valence-electron chi connectivity index (χ3n) is 9.48. The fourth-order valence-electron chi connectivity index (χ4n) is 6.65. The number of nitrogens with zero attached hydrogens (tertiary/aromatic N) is 3. The minimum atomic E-state index is -3.21. The quantitative estimate of drug-likeness (QED) is 0.108. The first-order valence-electron chi connectivity index (χ1n) is 27.0. The van der Waals surface area contributed by atoms with Crippen LogP contribution in [-0.2, 0) is 64.7 Å². The maximum atomic E-state index is 15.8. The number of benzene rings is 5. The summed E-state index contributed by atoms with van der Waals surface area (Å²) in [6.45, 7) is 4.80. The molecule has 0 bridgehead atoms. The van der Waals surface area contributed by atoms with Crippen LogP contribution in [0.4, 0.5) is 4.39 Å². The summed E-state index contributed by atoms with van der Waals surface area (Å²) < 4.78 is 161. The van der Waals surface area contributed by atoms with Gasteiger partial charge in [0.25, 0.3) is 0 Å². The second-order valence-corrected chi connectivity index (χ2v) is 15.2. The van der Waals surface area contributed by atoms with Crippen LogP contribution in [0, 0.1) is 29.4 Å². The molecule has 0 saturated carbocycles. The van der Waals surface area contributed by atoms with Crippen LogP contribution in [0.3, 0.4) is 0 Å². The maximum Gasteiger partial charge on any atom is 3.00 e. The van der Waals surface area contributed by atoms with Crippen molar-refractivity contribution < 1.29 is 49.5 Å². The van der Waals surface area contributed by atoms with Gasteiger partial charge in [0.15, 0.2) is 0 Å². The average molecular weight is 1000 g/mol. The van der Waals surface area contributed by atoms with E-state index in [9.17, 15) is 16.4 Å². The summed E-state index contributed by atoms with van der Waals surface area (Å²) in [5.74, 6) is -1.08. The number of hydrogen-bond acceptors (Lipinski definition) is 4. The Morgan fingerprint density at radius 2 is 1.05 bits per heavy atom. The minimum Gasteiger partial charge on any atom is -0.500 e. The van der Waals surface area contributed by atoms with E-state index in [1.54, 1.807) is 75.4 Å². The molecule has 0 atom stereocenters. The Hall–Kier alpha value is -6.07. The molecule has 0 unspecified atom stereocenters. The Labute approximate surface area is 398 Å². The zero-order valence-corrected chi connectivity index (χ0v) is 36.1. The van der Waals surface area contributed by atoms with Crippen molar-refractivity contribution in [2.45, 2.75) is 65.4 Å². The van der Waals surface area contributed by atoms with Crippen LogP contribution in [-0.4, -0.2) is 15.0 Å². The SMILES string of the molecule is [2H]c1cc2c(oc3c(-c4ccc(C([2H])([2H])C([2H])([2H])c5cc(C([2H])([2H])C([2H])([2H])c6ccc(-c7[c-]cccc7)nc6)cc(C([2H])([2H])C([2H])([2H])c6ccc(-c7[c-]cccc7)nc6)c5)cn4)[c-]ccc32)c(C([2H])([2H])C(C)(C)C)c1F.[Ir+3]. The van der Waals surface area contributed by atoms with Gasteiger partial charge in [0.1, 0.15) is 11.4 Å². The van der Waals surface area contributed by atoms with Crippen molar-refractivity contribution in [2.24, 2.45) is 5.41 Å². The molecule has 62 heavy (non-hydrogen) atoms. The Bertz CT molecular complexity index is 3500. The molecule has 9 aromatic rings. The molecule has 0 aliphatic carbocycles. The predicted octanol–water partition coefficient (Wildman–Crippen LogP) is 13.3. The van der Waals surface area contributed by atoms with Gasteiger partial charge in [0.05, 0.1) is 6.95 Å². The molecule has 0 spiro atoms. The fourth-order valence-corrected chi connectivity index (χ4v) is 6.65. The van der Waals surface area contributed by atoms with E-state index >= 15 is 4.39 Å². The predicted molar refractivity (Wildman–Crippen MR) is 245 cm³/mol. The van der Waals surface area contributed by atoms with Gasteiger partial charge in [-0.25, -0.2) is 4.39 Å². The first-order chi connectivity index (χ1) is 35.4. The molecule has 0 aliphatic heterocycles. The van der Waals surface area contributed by atoms with Gasteiger partial charge in [0.2, 0.25) is 0 Å². The van der Waals surface area contributed by atoms with Crippen molar-refractivity contribution >= 4 is 21.9 Å². The number of pyridine rings is 3. The van der Waals surface area contributed by atoms with E-state index in [4.69, 9.17) is 8.53 Å². The summed E-state index contributed by atoms with van der Waals surface area (Å²) in [4.78, 5) is 13.2. The Kier molecular flexibility index (Phi) is 8.47. The van der Waals surface area contributed by atoms with Crippen LogP contribution in [0.15, 0.2) is 150 Å². The summed E-state index contributed by atoms with van der Waals surface area (Å²) in [5.41, 5.74) is -1.89. The number of rotatable bonds is 13. The van der Waals surface area contributed by atoms with Crippen LogP contribution in [0.2, 0.25) is 0 Å². The number of halogens is 1. The van der Waals surface area contributed by atoms with Gasteiger partial charge < -0.3 is 19.4 Å². The van der Waals surface area contributed by atoms with Crippen LogP contribution in [0.5, 0.6) is 0 Å². The molecule has 9 rings (SSSR count). The fraction of sp³-hybridized carbons (Fsp3) is 0.196. The molecule has 0 saturated heterocycles. The molecular formula is C56H47FIrN3O. The van der Waals surface area contributed by atoms with Crippen LogP contribution in [0.1, 0.15) is 80.3 Å². The molecule has 4 heterocycles. The number of furan rings is 1. The van der Waals surface area contributed by atoms with E-state index in [2.05, 4.69) is 33.2 Å². The summed E-state index contributed by atoms with van der Waals surface area (Å²) in [5, 5.41) is 0.661. The first-order valence-corrected chi connectivity index (χ1v) is 19.5. The molecule has 0 radical (unpaired) electrons. The summed E-state index contributed by atoms with van der Waals surface area (Å²) in [6, 6.07) is 37.8. The van der Waals surface area contributed by atoms with Crippen LogP contribution in [0.25, 0.3) is 55.7 Å². The third kappa shape index (κ3) is 10.00. The van der Waals surface area contributed by atoms with Crippen molar-refractivity contribution in [2.75, 3.05) is 0 Å². The first kappa shape index (κ1) is 27.8. The van der Waals surface area contributed by atoms with E-state index in [1.165, 1.54) is 48.5 Å². The summed E-state index contributed by atoms with van der Waals surface area (Å²) in [6.07, 6.45) is -17.4. The minimum absolute atomic E-state index is 0. The van der Waals surface area contributed by atoms with E-state index in [1.807, 2.05) is 0 Å². The smallest absolute Gasteiger partial charge is 0.500 e. The molecule has 5 aromatic carbocycles. The molecule has 6 heteroatoms. The van der Waals surface area contributed by atoms with Crippen molar-refractivity contribution in [3.05, 3.63) is 209 Å². The molecule has 0 amide bonds. The van der Waals surface area contributed by atoms with Gasteiger partial charge in [0, 0.05) is 48.7 Å². The van der Waals surface area contributed by atoms with Crippen molar-refractivity contribution in [1.29, 1.82) is 0 Å². The van der Waals surface area contributed by atoms with Gasteiger partial charge in [-0.1, -0.05) is 86.3 Å². The van der Waals surface area contributed by atoms with Gasteiger partial charge in [-0.3, -0.25) is 0 Å². The van der Waals surface area contributed by atoms with E-state index in [0.717, 1.165) is 36.8 Å². The van der Waals surface area contributed by atoms with Crippen molar-refractivity contribution in [3.8, 4) is 33.8 Å². The number of aromatic nitrogens is 3. The molecule has 0 fully saturated rings. The number of aryl methyl sites for hydroxylation is 6. The van der Waals surface area contributed by atoms with E-state index in [0.29, 0.717) is 27.9 Å². The zero-order valence-electron chi connectivity index (χ0n) is 48.7. The monoisotopic (exact) mass is 1000 g/mol. The molecule has 308 valence electrons. The zero-order chi connectivity index (χ0) is 55.2. The number of fused-ring (bicyclic) bond motifs is 3. The molecule has 0 aliphatic rings. The molecule has 4 aromatic heterocycles. The average Bonchev–Trinajstić information content (AvgIpc) is 3.89. The Morgan fingerprint density at radius 3 is 1.50 bits per heavy atom. The van der Waals surface area contributed by atoms with Gasteiger partial charge in [-0.2, -0.15) is 0 Å². The second-order valence-electron chi connectivity index (χ2n) is 15.2. The molecular weight excluding hydrogens is 942 g/mol. The normalized spacial score (nSPS) is 16.7. The van der Waals surface area contributed by atoms with Crippen LogP contribution >= 0.6 is 0 Å². The van der Waals surface area contributed by atoms with Crippen molar-refractivity contribution in [3.63, 3.8) is 0 Å².